The van der Waals surface area contributed by atoms with Gasteiger partial charge in [0.25, 0.3) is 5.89 Å². The Morgan fingerprint density at radius 3 is 2.45 bits per heavy atom. The Morgan fingerprint density at radius 2 is 1.83 bits per heavy atom. The Bertz CT molecular complexity index is 958. The normalized spacial score (nSPS) is 21.9. The van der Waals surface area contributed by atoms with Crippen LogP contribution in [-0.4, -0.2) is 38.9 Å². The maximum atomic E-state index is 12.6. The fourth-order valence-electron chi connectivity index (χ4n) is 3.60. The number of benzene rings is 1. The second kappa shape index (κ2) is 7.79. The maximum absolute atomic E-state index is 12.6. The molecule has 29 heavy (non-hydrogen) atoms. The Hall–Kier alpha value is -3.00. The van der Waals surface area contributed by atoms with E-state index in [4.69, 9.17) is 20.9 Å². The average Bonchev–Trinajstić information content (AvgIpc) is 3.30. The molecule has 0 unspecified atom stereocenters. The highest BCUT2D eigenvalue weighted by molar-refractivity contribution is 6.30. The number of imide groups is 1. The zero-order valence-electron chi connectivity index (χ0n) is 15.6. The van der Waals surface area contributed by atoms with E-state index >= 15 is 0 Å². The van der Waals surface area contributed by atoms with Gasteiger partial charge in [0, 0.05) is 10.6 Å². The molecule has 8 nitrogen and oxygen atoms in total. The molecule has 0 N–H and O–H groups in total. The number of fused-ring (bicyclic) bond motifs is 1. The SMILES string of the molecule is C[C@@H](C(=O)OCc1nc(-c2ccc(Cl)cc2)no1)N1C(=O)[C@@H]2CC=CC[C@H]2C1=O. The summed E-state index contributed by atoms with van der Waals surface area (Å²) < 4.78 is 10.3. The molecule has 150 valence electrons. The molecule has 1 aromatic carbocycles. The molecule has 1 aliphatic carbocycles. The highest BCUT2D eigenvalue weighted by Crippen LogP contribution is 2.36. The smallest absolute Gasteiger partial charge is 0.329 e. The van der Waals surface area contributed by atoms with E-state index in [1.165, 1.54) is 6.92 Å². The standard InChI is InChI=1S/C20H18ClN3O5/c1-11(24-18(25)14-4-2-3-5-15(14)19(24)26)20(27)28-10-16-22-17(23-29-16)12-6-8-13(21)9-7-12/h2-3,6-9,11,14-15H,4-5,10H2,1H3/t11-,14+,15+/m0/s1. The van der Waals surface area contributed by atoms with Crippen LogP contribution >= 0.6 is 11.6 Å². The molecule has 4 rings (SSSR count). The van der Waals surface area contributed by atoms with Crippen LogP contribution in [0.15, 0.2) is 40.9 Å². The van der Waals surface area contributed by atoms with Gasteiger partial charge in [-0.15, -0.1) is 0 Å². The lowest BCUT2D eigenvalue weighted by atomic mass is 9.85. The molecule has 2 heterocycles. The number of nitrogens with zero attached hydrogens (tertiary/aromatic N) is 3. The van der Waals surface area contributed by atoms with Crippen molar-refractivity contribution in [1.82, 2.24) is 15.0 Å². The van der Waals surface area contributed by atoms with Crippen molar-refractivity contribution >= 4 is 29.4 Å². The van der Waals surface area contributed by atoms with Crippen LogP contribution in [0.25, 0.3) is 11.4 Å². The molecular formula is C20H18ClN3O5. The molecule has 2 amide bonds. The first-order chi connectivity index (χ1) is 14.0. The van der Waals surface area contributed by atoms with E-state index in [0.717, 1.165) is 4.90 Å². The molecule has 2 aliphatic rings. The van der Waals surface area contributed by atoms with Crippen LogP contribution in [0.2, 0.25) is 5.02 Å². The van der Waals surface area contributed by atoms with Crippen molar-refractivity contribution in [2.45, 2.75) is 32.4 Å². The monoisotopic (exact) mass is 415 g/mol. The summed E-state index contributed by atoms with van der Waals surface area (Å²) in [7, 11) is 0. The summed E-state index contributed by atoms with van der Waals surface area (Å²) in [6, 6.07) is 5.87. The molecule has 1 aromatic heterocycles. The maximum Gasteiger partial charge on any atom is 0.329 e. The molecule has 1 aliphatic heterocycles. The summed E-state index contributed by atoms with van der Waals surface area (Å²) in [4.78, 5) is 42.8. The number of hydrogen-bond donors (Lipinski definition) is 0. The van der Waals surface area contributed by atoms with E-state index in [-0.39, 0.29) is 36.1 Å². The van der Waals surface area contributed by atoms with Gasteiger partial charge >= 0.3 is 5.97 Å². The molecule has 0 bridgehead atoms. The van der Waals surface area contributed by atoms with Crippen molar-refractivity contribution < 1.29 is 23.6 Å². The van der Waals surface area contributed by atoms with E-state index in [9.17, 15) is 14.4 Å². The number of hydrogen-bond acceptors (Lipinski definition) is 7. The number of ether oxygens (including phenoxy) is 1. The van der Waals surface area contributed by atoms with Crippen LogP contribution in [0.3, 0.4) is 0 Å². The van der Waals surface area contributed by atoms with E-state index in [1.807, 2.05) is 12.2 Å². The number of likely N-dealkylation sites (tertiary alicyclic amines) is 1. The quantitative estimate of drug-likeness (QED) is 0.420. The van der Waals surface area contributed by atoms with E-state index in [0.29, 0.717) is 29.3 Å². The van der Waals surface area contributed by atoms with Gasteiger partial charge in [0.15, 0.2) is 6.61 Å². The van der Waals surface area contributed by atoms with Gasteiger partial charge in [0.2, 0.25) is 17.6 Å². The Morgan fingerprint density at radius 1 is 1.21 bits per heavy atom. The zero-order chi connectivity index (χ0) is 20.5. The van der Waals surface area contributed by atoms with Gasteiger partial charge in [-0.3, -0.25) is 14.5 Å². The third-order valence-corrected chi connectivity index (χ3v) is 5.43. The van der Waals surface area contributed by atoms with Crippen LogP contribution in [0.1, 0.15) is 25.7 Å². The Labute approximate surface area is 171 Å². The van der Waals surface area contributed by atoms with Gasteiger partial charge in [-0.2, -0.15) is 4.98 Å². The number of amides is 2. The lowest BCUT2D eigenvalue weighted by Gasteiger charge is -2.21. The minimum atomic E-state index is -1.01. The highest BCUT2D eigenvalue weighted by Gasteiger charge is 2.50. The number of halogens is 1. The molecule has 0 saturated carbocycles. The average molecular weight is 416 g/mol. The summed E-state index contributed by atoms with van der Waals surface area (Å²) in [6.45, 7) is 1.23. The molecule has 0 spiro atoms. The van der Waals surface area contributed by atoms with Gasteiger partial charge in [-0.05, 0) is 44.0 Å². The molecule has 1 fully saturated rings. The van der Waals surface area contributed by atoms with Crippen molar-refractivity contribution in [3.8, 4) is 11.4 Å². The summed E-state index contributed by atoms with van der Waals surface area (Å²) in [5.41, 5.74) is 0.702. The first-order valence-corrected chi connectivity index (χ1v) is 9.60. The fraction of sp³-hybridized carbons (Fsp3) is 0.350. The lowest BCUT2D eigenvalue weighted by Crippen LogP contribution is -2.44. The predicted molar refractivity (Wildman–Crippen MR) is 101 cm³/mol. The van der Waals surface area contributed by atoms with Crippen LogP contribution in [0.5, 0.6) is 0 Å². The van der Waals surface area contributed by atoms with Gasteiger partial charge in [-0.1, -0.05) is 28.9 Å². The van der Waals surface area contributed by atoms with Crippen molar-refractivity contribution in [2.24, 2.45) is 11.8 Å². The molecule has 1 saturated heterocycles. The van der Waals surface area contributed by atoms with Crippen molar-refractivity contribution in [3.63, 3.8) is 0 Å². The van der Waals surface area contributed by atoms with Crippen LogP contribution in [0.4, 0.5) is 0 Å². The number of rotatable bonds is 5. The lowest BCUT2D eigenvalue weighted by molar-refractivity contribution is -0.159. The molecule has 2 aromatic rings. The Balaban J connectivity index is 1.38. The summed E-state index contributed by atoms with van der Waals surface area (Å²) >= 11 is 5.86. The Kier molecular flexibility index (Phi) is 5.19. The summed E-state index contributed by atoms with van der Waals surface area (Å²) in [5.74, 6) is -1.69. The number of carbonyl (C=O) groups excluding carboxylic acids is 3. The van der Waals surface area contributed by atoms with E-state index < -0.39 is 12.0 Å². The van der Waals surface area contributed by atoms with Crippen LogP contribution in [-0.2, 0) is 25.7 Å². The number of aromatic nitrogens is 2. The fourth-order valence-corrected chi connectivity index (χ4v) is 3.72. The van der Waals surface area contributed by atoms with Gasteiger partial charge in [0.05, 0.1) is 11.8 Å². The van der Waals surface area contributed by atoms with Crippen LogP contribution < -0.4 is 0 Å². The van der Waals surface area contributed by atoms with Gasteiger partial charge < -0.3 is 9.26 Å². The predicted octanol–water partition coefficient (Wildman–Crippen LogP) is 2.77. The number of allylic oxidation sites excluding steroid dienone is 2. The largest absolute Gasteiger partial charge is 0.454 e. The second-order valence-electron chi connectivity index (χ2n) is 7.00. The summed E-state index contributed by atoms with van der Waals surface area (Å²) in [5, 5.41) is 4.43. The first-order valence-electron chi connectivity index (χ1n) is 9.23. The van der Waals surface area contributed by atoms with E-state index in [1.54, 1.807) is 24.3 Å². The third-order valence-electron chi connectivity index (χ3n) is 5.18. The third kappa shape index (κ3) is 3.67. The van der Waals surface area contributed by atoms with Gasteiger partial charge in [-0.25, -0.2) is 4.79 Å². The minimum Gasteiger partial charge on any atom is -0.454 e. The second-order valence-corrected chi connectivity index (χ2v) is 7.44. The van der Waals surface area contributed by atoms with Crippen molar-refractivity contribution in [3.05, 3.63) is 47.3 Å². The van der Waals surface area contributed by atoms with Crippen molar-refractivity contribution in [1.29, 1.82) is 0 Å². The number of esters is 1. The molecular weight excluding hydrogens is 398 g/mol. The number of carbonyl (C=O) groups is 3. The molecule has 9 heteroatoms. The first kappa shape index (κ1) is 19.3. The molecule has 0 radical (unpaired) electrons. The van der Waals surface area contributed by atoms with Gasteiger partial charge in [0.1, 0.15) is 6.04 Å². The zero-order valence-corrected chi connectivity index (χ0v) is 16.3. The topological polar surface area (TPSA) is 103 Å². The highest BCUT2D eigenvalue weighted by atomic mass is 35.5. The van der Waals surface area contributed by atoms with Crippen molar-refractivity contribution in [2.75, 3.05) is 0 Å². The summed E-state index contributed by atoms with van der Waals surface area (Å²) in [6.07, 6.45) is 4.82. The molecule has 3 atom stereocenters. The van der Waals surface area contributed by atoms with Crippen LogP contribution in [0, 0.1) is 11.8 Å². The minimum absolute atomic E-state index is 0.104. The van der Waals surface area contributed by atoms with E-state index in [2.05, 4.69) is 10.1 Å².